The number of rotatable bonds is 2. The fourth-order valence-corrected chi connectivity index (χ4v) is 2.92. The van der Waals surface area contributed by atoms with Gasteiger partial charge in [0.1, 0.15) is 0 Å². The summed E-state index contributed by atoms with van der Waals surface area (Å²) >= 11 is 7.51. The van der Waals surface area contributed by atoms with E-state index in [0.717, 1.165) is 11.1 Å². The molecule has 1 aliphatic rings. The van der Waals surface area contributed by atoms with Crippen molar-refractivity contribution in [3.63, 3.8) is 0 Å². The van der Waals surface area contributed by atoms with Crippen LogP contribution >= 0.6 is 23.4 Å². The lowest BCUT2D eigenvalue weighted by Gasteiger charge is -2.02. The number of carbonyl (C=O) groups is 1. The number of nitrogens with zero attached hydrogens (tertiary/aromatic N) is 2. The van der Waals surface area contributed by atoms with Gasteiger partial charge in [-0.05, 0) is 48.0 Å². The van der Waals surface area contributed by atoms with Gasteiger partial charge in [0.15, 0.2) is 5.17 Å². The van der Waals surface area contributed by atoms with Crippen molar-refractivity contribution in [1.82, 2.24) is 10.3 Å². The van der Waals surface area contributed by atoms with E-state index in [1.807, 2.05) is 37.3 Å². The van der Waals surface area contributed by atoms with Crippen molar-refractivity contribution in [3.8, 4) is 0 Å². The second kappa shape index (κ2) is 6.34. The molecule has 1 fully saturated rings. The summed E-state index contributed by atoms with van der Waals surface area (Å²) in [7, 11) is 0. The molecule has 1 amide bonds. The number of thioether (sulfide) groups is 1. The smallest absolute Gasteiger partial charge is 0.264 e. The zero-order valence-corrected chi connectivity index (χ0v) is 13.3. The Hall–Kier alpha value is -2.11. The summed E-state index contributed by atoms with van der Waals surface area (Å²) in [5, 5.41) is 3.86. The van der Waals surface area contributed by atoms with E-state index < -0.39 is 0 Å². The van der Waals surface area contributed by atoms with Crippen LogP contribution in [0.3, 0.4) is 0 Å². The average Bonchev–Trinajstić information content (AvgIpc) is 2.85. The zero-order chi connectivity index (χ0) is 15.5. The van der Waals surface area contributed by atoms with Gasteiger partial charge in [-0.3, -0.25) is 9.78 Å². The number of benzene rings is 1. The lowest BCUT2D eigenvalue weighted by atomic mass is 10.2. The fourth-order valence-electron chi connectivity index (χ4n) is 1.92. The van der Waals surface area contributed by atoms with Crippen LogP contribution in [0.2, 0.25) is 5.02 Å². The molecular weight excluding hydrogens is 318 g/mol. The maximum atomic E-state index is 12.0. The van der Waals surface area contributed by atoms with Gasteiger partial charge in [0.05, 0.1) is 15.6 Å². The second-order valence-corrected chi connectivity index (χ2v) is 6.08. The van der Waals surface area contributed by atoms with Crippen LogP contribution in [-0.2, 0) is 4.79 Å². The van der Waals surface area contributed by atoms with Crippen LogP contribution in [0, 0.1) is 6.92 Å². The Balaban J connectivity index is 1.87. The summed E-state index contributed by atoms with van der Waals surface area (Å²) < 4.78 is 0. The highest BCUT2D eigenvalue weighted by atomic mass is 35.5. The number of amides is 1. The first-order chi connectivity index (χ1) is 10.6. The van der Waals surface area contributed by atoms with E-state index in [2.05, 4.69) is 15.3 Å². The summed E-state index contributed by atoms with van der Waals surface area (Å²) in [5.41, 5.74) is 2.46. The van der Waals surface area contributed by atoms with Gasteiger partial charge in [-0.15, -0.1) is 0 Å². The number of halogens is 1. The van der Waals surface area contributed by atoms with Crippen LogP contribution in [-0.4, -0.2) is 16.1 Å². The number of aryl methyl sites for hydroxylation is 1. The molecule has 4 nitrogen and oxygen atoms in total. The number of pyridine rings is 1. The number of hydrogen-bond donors (Lipinski definition) is 1. The molecule has 22 heavy (non-hydrogen) atoms. The molecule has 1 aromatic carbocycles. The van der Waals surface area contributed by atoms with E-state index in [9.17, 15) is 4.79 Å². The van der Waals surface area contributed by atoms with Crippen LogP contribution in [0.4, 0.5) is 5.69 Å². The quantitative estimate of drug-likeness (QED) is 0.849. The van der Waals surface area contributed by atoms with E-state index in [4.69, 9.17) is 11.6 Å². The molecule has 1 N–H and O–H groups in total. The maximum absolute atomic E-state index is 12.0. The molecule has 2 aromatic rings. The molecule has 0 aliphatic carbocycles. The molecule has 3 rings (SSSR count). The topological polar surface area (TPSA) is 54.4 Å². The Kier molecular flexibility index (Phi) is 4.27. The molecule has 1 saturated heterocycles. The van der Waals surface area contributed by atoms with Crippen molar-refractivity contribution in [2.24, 2.45) is 4.99 Å². The van der Waals surface area contributed by atoms with E-state index in [0.29, 0.717) is 20.8 Å². The molecule has 6 heteroatoms. The van der Waals surface area contributed by atoms with E-state index >= 15 is 0 Å². The molecule has 0 saturated carbocycles. The fraction of sp³-hybridized carbons (Fsp3) is 0.0625. The molecule has 2 heterocycles. The lowest BCUT2D eigenvalue weighted by Crippen LogP contribution is -2.19. The average molecular weight is 330 g/mol. The standard InChI is InChI=1S/C16H12ClN3OS/c1-10-4-2-6-12(14(10)17)19-16-20-15(21)13(22-16)8-11-5-3-7-18-9-11/h2-9H,1H3,(H,19,20,21)/b13-8-. The maximum Gasteiger partial charge on any atom is 0.264 e. The van der Waals surface area contributed by atoms with Crippen LogP contribution in [0.15, 0.2) is 52.6 Å². The Morgan fingerprint density at radius 3 is 2.95 bits per heavy atom. The number of nitrogens with one attached hydrogen (secondary N) is 1. The van der Waals surface area contributed by atoms with Crippen LogP contribution in [0.25, 0.3) is 6.08 Å². The molecule has 1 aliphatic heterocycles. The van der Waals surface area contributed by atoms with Gasteiger partial charge in [-0.1, -0.05) is 29.8 Å². The highest BCUT2D eigenvalue weighted by Gasteiger charge is 2.24. The monoisotopic (exact) mass is 329 g/mol. The molecule has 110 valence electrons. The Morgan fingerprint density at radius 2 is 2.18 bits per heavy atom. The van der Waals surface area contributed by atoms with Gasteiger partial charge >= 0.3 is 0 Å². The van der Waals surface area contributed by atoms with Crippen molar-refractivity contribution in [1.29, 1.82) is 0 Å². The van der Waals surface area contributed by atoms with E-state index in [1.54, 1.807) is 18.5 Å². The third-order valence-corrected chi connectivity index (χ3v) is 4.43. The highest BCUT2D eigenvalue weighted by Crippen LogP contribution is 2.32. The molecule has 0 bridgehead atoms. The van der Waals surface area contributed by atoms with Gasteiger partial charge in [0.25, 0.3) is 5.91 Å². The number of carbonyl (C=O) groups excluding carboxylic acids is 1. The van der Waals surface area contributed by atoms with Crippen LogP contribution in [0.5, 0.6) is 0 Å². The Bertz CT molecular complexity index is 787. The first-order valence-electron chi connectivity index (χ1n) is 6.58. The number of hydrogen-bond acceptors (Lipinski definition) is 4. The van der Waals surface area contributed by atoms with Crippen molar-refractivity contribution >= 4 is 46.2 Å². The summed E-state index contributed by atoms with van der Waals surface area (Å²) in [4.78, 5) is 21.0. The number of aromatic nitrogens is 1. The minimum atomic E-state index is -0.170. The Morgan fingerprint density at radius 1 is 1.32 bits per heavy atom. The first kappa shape index (κ1) is 14.8. The second-order valence-electron chi connectivity index (χ2n) is 4.68. The van der Waals surface area contributed by atoms with Crippen molar-refractivity contribution < 1.29 is 4.79 Å². The van der Waals surface area contributed by atoms with Crippen molar-refractivity contribution in [3.05, 3.63) is 63.8 Å². The predicted molar refractivity (Wildman–Crippen MR) is 91.2 cm³/mol. The predicted octanol–water partition coefficient (Wildman–Crippen LogP) is 3.94. The summed E-state index contributed by atoms with van der Waals surface area (Å²) in [5.74, 6) is -0.170. The summed E-state index contributed by atoms with van der Waals surface area (Å²) in [6.07, 6.45) is 5.18. The van der Waals surface area contributed by atoms with Gasteiger partial charge in [-0.2, -0.15) is 0 Å². The molecule has 0 spiro atoms. The van der Waals surface area contributed by atoms with Gasteiger partial charge in [0, 0.05) is 12.4 Å². The van der Waals surface area contributed by atoms with Crippen molar-refractivity contribution in [2.45, 2.75) is 6.92 Å². The molecular formula is C16H12ClN3OS. The van der Waals surface area contributed by atoms with Crippen LogP contribution in [0.1, 0.15) is 11.1 Å². The summed E-state index contributed by atoms with van der Waals surface area (Å²) in [6.45, 7) is 1.92. The largest absolute Gasteiger partial charge is 0.300 e. The Labute approximate surface area is 137 Å². The molecule has 0 unspecified atom stereocenters. The van der Waals surface area contributed by atoms with Gasteiger partial charge in [0.2, 0.25) is 0 Å². The number of amidine groups is 1. The lowest BCUT2D eigenvalue weighted by molar-refractivity contribution is -0.115. The van der Waals surface area contributed by atoms with Gasteiger partial charge < -0.3 is 5.32 Å². The molecule has 1 aromatic heterocycles. The first-order valence-corrected chi connectivity index (χ1v) is 7.77. The third-order valence-electron chi connectivity index (χ3n) is 3.03. The van der Waals surface area contributed by atoms with E-state index in [1.165, 1.54) is 11.8 Å². The SMILES string of the molecule is Cc1cccc(N=C2NC(=O)/C(=C/c3cccnc3)S2)c1Cl. The summed E-state index contributed by atoms with van der Waals surface area (Å²) in [6, 6.07) is 9.33. The molecule has 0 atom stereocenters. The third kappa shape index (κ3) is 3.21. The highest BCUT2D eigenvalue weighted by molar-refractivity contribution is 8.18. The van der Waals surface area contributed by atoms with Crippen molar-refractivity contribution in [2.75, 3.05) is 0 Å². The van der Waals surface area contributed by atoms with Gasteiger partial charge in [-0.25, -0.2) is 4.99 Å². The normalized spacial score (nSPS) is 18.0. The minimum Gasteiger partial charge on any atom is -0.300 e. The number of aliphatic imine (C=N–C) groups is 1. The van der Waals surface area contributed by atoms with E-state index in [-0.39, 0.29) is 5.91 Å². The van der Waals surface area contributed by atoms with Crippen LogP contribution < -0.4 is 5.32 Å². The molecule has 0 radical (unpaired) electrons. The zero-order valence-electron chi connectivity index (χ0n) is 11.7. The minimum absolute atomic E-state index is 0.170.